The van der Waals surface area contributed by atoms with E-state index in [0.29, 0.717) is 11.1 Å². The topological polar surface area (TPSA) is 71.3 Å². The highest BCUT2D eigenvalue weighted by atomic mass is 19.1. The first-order valence-corrected chi connectivity index (χ1v) is 10.0. The fraction of sp³-hybridized carbons (Fsp3) is 0.455. The number of nitrogens with one attached hydrogen (secondary N) is 1. The van der Waals surface area contributed by atoms with Crippen LogP contribution in [0, 0.1) is 5.82 Å². The SMILES string of the molecule is O=C(O)Cn1cc(C2C=CCC2)c2cc(NC3CCCCC3)c(F)cc2c1=O. The van der Waals surface area contributed by atoms with Gasteiger partial charge in [-0.1, -0.05) is 31.4 Å². The summed E-state index contributed by atoms with van der Waals surface area (Å²) in [5.74, 6) is -1.45. The third kappa shape index (κ3) is 3.68. The minimum Gasteiger partial charge on any atom is -0.480 e. The Labute approximate surface area is 162 Å². The van der Waals surface area contributed by atoms with Crippen molar-refractivity contribution in [2.24, 2.45) is 0 Å². The molecule has 0 radical (unpaired) electrons. The Morgan fingerprint density at radius 3 is 2.64 bits per heavy atom. The lowest BCUT2D eigenvalue weighted by Crippen LogP contribution is -2.26. The van der Waals surface area contributed by atoms with Crippen LogP contribution in [0.1, 0.15) is 56.4 Å². The van der Waals surface area contributed by atoms with Crippen LogP contribution in [0.3, 0.4) is 0 Å². The highest BCUT2D eigenvalue weighted by molar-refractivity contribution is 5.89. The molecule has 6 heteroatoms. The summed E-state index contributed by atoms with van der Waals surface area (Å²) < 4.78 is 16.0. The Hall–Kier alpha value is -2.63. The fourth-order valence-corrected chi connectivity index (χ4v) is 4.47. The maximum absolute atomic E-state index is 14.8. The Bertz CT molecular complexity index is 989. The summed E-state index contributed by atoms with van der Waals surface area (Å²) in [6.45, 7) is -0.429. The Morgan fingerprint density at radius 1 is 1.18 bits per heavy atom. The van der Waals surface area contributed by atoms with Crippen LogP contribution < -0.4 is 10.9 Å². The molecule has 1 fully saturated rings. The van der Waals surface area contributed by atoms with E-state index in [2.05, 4.69) is 17.5 Å². The molecule has 4 rings (SSSR count). The monoisotopic (exact) mass is 384 g/mol. The van der Waals surface area contributed by atoms with Crippen molar-refractivity contribution in [3.63, 3.8) is 0 Å². The standard InChI is InChI=1S/C22H25FN2O3/c23-19-10-17-16(11-20(19)24-15-8-2-1-3-9-15)18(14-6-4-5-7-14)12-25(22(17)28)13-21(26)27/h4,6,10-12,14-15,24H,1-3,5,7-9,13H2,(H,26,27). The van der Waals surface area contributed by atoms with Crippen LogP contribution in [0.4, 0.5) is 10.1 Å². The molecular formula is C22H25FN2O3. The van der Waals surface area contributed by atoms with Crippen LogP contribution in [-0.4, -0.2) is 21.7 Å². The van der Waals surface area contributed by atoms with Gasteiger partial charge in [-0.15, -0.1) is 0 Å². The van der Waals surface area contributed by atoms with Gasteiger partial charge in [0.2, 0.25) is 0 Å². The number of halogens is 1. The Balaban J connectivity index is 1.83. The molecule has 0 bridgehead atoms. The predicted molar refractivity (Wildman–Crippen MR) is 107 cm³/mol. The number of aromatic nitrogens is 1. The molecule has 0 saturated heterocycles. The quantitative estimate of drug-likeness (QED) is 0.750. The molecule has 0 spiro atoms. The summed E-state index contributed by atoms with van der Waals surface area (Å²) in [7, 11) is 0. The maximum Gasteiger partial charge on any atom is 0.323 e. The number of hydrogen-bond donors (Lipinski definition) is 2. The average molecular weight is 384 g/mol. The molecule has 28 heavy (non-hydrogen) atoms. The minimum absolute atomic E-state index is 0.108. The van der Waals surface area contributed by atoms with Crippen molar-refractivity contribution in [1.82, 2.24) is 4.57 Å². The number of anilines is 1. The molecule has 2 N–H and O–H groups in total. The zero-order chi connectivity index (χ0) is 19.7. The third-order valence-corrected chi connectivity index (χ3v) is 5.89. The van der Waals surface area contributed by atoms with Crippen molar-refractivity contribution in [3.8, 4) is 0 Å². The minimum atomic E-state index is -1.09. The molecule has 1 aromatic heterocycles. The number of nitrogens with zero attached hydrogens (tertiary/aromatic N) is 1. The molecule has 2 aromatic rings. The largest absolute Gasteiger partial charge is 0.480 e. The van der Waals surface area contributed by atoms with Crippen LogP contribution in [0.2, 0.25) is 0 Å². The third-order valence-electron chi connectivity index (χ3n) is 5.89. The molecular weight excluding hydrogens is 359 g/mol. The van der Waals surface area contributed by atoms with Gasteiger partial charge in [0.1, 0.15) is 12.4 Å². The van der Waals surface area contributed by atoms with E-state index in [-0.39, 0.29) is 17.3 Å². The second-order valence-corrected chi connectivity index (χ2v) is 7.88. The number of carboxylic acid groups (broad SMARTS) is 1. The predicted octanol–water partition coefficient (Wildman–Crippen LogP) is 4.40. The second-order valence-electron chi connectivity index (χ2n) is 7.88. The highest BCUT2D eigenvalue weighted by Gasteiger charge is 2.21. The van der Waals surface area contributed by atoms with E-state index in [1.807, 2.05) is 0 Å². The van der Waals surface area contributed by atoms with Crippen molar-refractivity contribution >= 4 is 22.4 Å². The summed E-state index contributed by atoms with van der Waals surface area (Å²) in [6, 6.07) is 3.26. The lowest BCUT2D eigenvalue weighted by atomic mass is 9.93. The van der Waals surface area contributed by atoms with Crippen LogP contribution in [0.5, 0.6) is 0 Å². The van der Waals surface area contributed by atoms with Crippen molar-refractivity contribution in [2.75, 3.05) is 5.32 Å². The van der Waals surface area contributed by atoms with E-state index in [9.17, 15) is 14.0 Å². The van der Waals surface area contributed by atoms with Crippen molar-refractivity contribution < 1.29 is 14.3 Å². The van der Waals surface area contributed by atoms with E-state index >= 15 is 0 Å². The van der Waals surface area contributed by atoms with Crippen molar-refractivity contribution in [1.29, 1.82) is 0 Å². The molecule has 0 amide bonds. The number of allylic oxidation sites excluding steroid dienone is 2. The van der Waals surface area contributed by atoms with E-state index in [1.54, 1.807) is 12.3 Å². The van der Waals surface area contributed by atoms with Crippen LogP contribution in [0.15, 0.2) is 35.3 Å². The first-order chi connectivity index (χ1) is 13.5. The summed E-state index contributed by atoms with van der Waals surface area (Å²) >= 11 is 0. The number of carbonyl (C=O) groups is 1. The number of hydrogen-bond acceptors (Lipinski definition) is 3. The fourth-order valence-electron chi connectivity index (χ4n) is 4.47. The zero-order valence-corrected chi connectivity index (χ0v) is 15.8. The van der Waals surface area contributed by atoms with E-state index < -0.39 is 23.9 Å². The molecule has 1 unspecified atom stereocenters. The number of rotatable bonds is 5. The van der Waals surface area contributed by atoms with Crippen LogP contribution in [-0.2, 0) is 11.3 Å². The first-order valence-electron chi connectivity index (χ1n) is 10.0. The van der Waals surface area contributed by atoms with Gasteiger partial charge in [0.15, 0.2) is 0 Å². The maximum atomic E-state index is 14.8. The summed E-state index contributed by atoms with van der Waals surface area (Å²) in [5.41, 5.74) is 0.848. The summed E-state index contributed by atoms with van der Waals surface area (Å²) in [5, 5.41) is 13.4. The highest BCUT2D eigenvalue weighted by Crippen LogP contribution is 2.35. The van der Waals surface area contributed by atoms with Gasteiger partial charge in [0.25, 0.3) is 5.56 Å². The zero-order valence-electron chi connectivity index (χ0n) is 15.8. The van der Waals surface area contributed by atoms with Gasteiger partial charge in [-0.2, -0.15) is 0 Å². The molecule has 1 heterocycles. The molecule has 2 aliphatic carbocycles. The number of aliphatic carboxylic acids is 1. The lowest BCUT2D eigenvalue weighted by molar-refractivity contribution is -0.137. The summed E-state index contributed by atoms with van der Waals surface area (Å²) in [6.07, 6.45) is 13.2. The van der Waals surface area contributed by atoms with Gasteiger partial charge in [-0.3, -0.25) is 9.59 Å². The Kier molecular flexibility index (Phi) is 5.20. The lowest BCUT2D eigenvalue weighted by Gasteiger charge is -2.24. The van der Waals surface area contributed by atoms with Gasteiger partial charge in [-0.25, -0.2) is 4.39 Å². The van der Waals surface area contributed by atoms with Crippen molar-refractivity contribution in [2.45, 2.75) is 63.5 Å². The number of pyridine rings is 1. The number of fused-ring (bicyclic) bond motifs is 1. The summed E-state index contributed by atoms with van der Waals surface area (Å²) in [4.78, 5) is 24.0. The molecule has 148 valence electrons. The molecule has 0 aliphatic heterocycles. The van der Waals surface area contributed by atoms with Gasteiger partial charge in [-0.05, 0) is 48.8 Å². The van der Waals surface area contributed by atoms with Gasteiger partial charge < -0.3 is 15.0 Å². The van der Waals surface area contributed by atoms with Gasteiger partial charge in [0, 0.05) is 18.2 Å². The normalized spacial score (nSPS) is 20.0. The number of benzene rings is 1. The molecule has 5 nitrogen and oxygen atoms in total. The molecule has 1 saturated carbocycles. The van der Waals surface area contributed by atoms with Gasteiger partial charge in [0.05, 0.1) is 11.1 Å². The van der Waals surface area contributed by atoms with Crippen LogP contribution in [0.25, 0.3) is 10.8 Å². The number of carboxylic acids is 1. The molecule has 1 aromatic carbocycles. The molecule has 1 atom stereocenters. The van der Waals surface area contributed by atoms with Crippen molar-refractivity contribution in [3.05, 3.63) is 52.2 Å². The smallest absolute Gasteiger partial charge is 0.323 e. The average Bonchev–Trinajstić information content (AvgIpc) is 3.20. The Morgan fingerprint density at radius 2 is 1.96 bits per heavy atom. The molecule has 2 aliphatic rings. The van der Waals surface area contributed by atoms with E-state index in [0.717, 1.165) is 44.1 Å². The van der Waals surface area contributed by atoms with Crippen LogP contribution >= 0.6 is 0 Å². The van der Waals surface area contributed by atoms with Gasteiger partial charge >= 0.3 is 5.97 Å². The van der Waals surface area contributed by atoms with E-state index in [1.165, 1.54) is 17.1 Å². The first kappa shape index (κ1) is 18.7. The second kappa shape index (κ2) is 7.78. The van der Waals surface area contributed by atoms with E-state index in [4.69, 9.17) is 5.11 Å².